The van der Waals surface area contributed by atoms with Crippen LogP contribution in [0.25, 0.3) is 11.4 Å². The summed E-state index contributed by atoms with van der Waals surface area (Å²) in [6.45, 7) is -1.47. The molecule has 0 aliphatic heterocycles. The number of ether oxygens (including phenoxy) is 2. The van der Waals surface area contributed by atoms with Crippen LogP contribution in [0.15, 0.2) is 42.5 Å². The van der Waals surface area contributed by atoms with Crippen LogP contribution in [0.3, 0.4) is 0 Å². The summed E-state index contributed by atoms with van der Waals surface area (Å²) in [7, 11) is 0. The third-order valence-electron chi connectivity index (χ3n) is 3.33. The lowest BCUT2D eigenvalue weighted by atomic mass is 10.2. The number of hydrogen-bond donors (Lipinski definition) is 2. The van der Waals surface area contributed by atoms with Gasteiger partial charge in [-0.05, 0) is 24.3 Å². The van der Waals surface area contributed by atoms with E-state index in [2.05, 4.69) is 24.9 Å². The predicted octanol–water partition coefficient (Wildman–Crippen LogP) is 2.35. The van der Waals surface area contributed by atoms with Crippen molar-refractivity contribution in [2.24, 2.45) is 5.73 Å². The topological polar surface area (TPSA) is 139 Å². The van der Waals surface area contributed by atoms with Crippen LogP contribution < -0.4 is 20.9 Å². The van der Waals surface area contributed by atoms with Crippen LogP contribution in [0.4, 0.5) is 19.0 Å². The summed E-state index contributed by atoms with van der Waals surface area (Å²) in [5, 5.41) is 7.14. The highest BCUT2D eigenvalue weighted by molar-refractivity contribution is 5.91. The average Bonchev–Trinajstić information content (AvgIpc) is 2.67. The molecular formula is C17H13F3N6O3. The zero-order chi connectivity index (χ0) is 21.0. The van der Waals surface area contributed by atoms with E-state index in [4.69, 9.17) is 16.2 Å². The molecule has 0 spiro atoms. The highest BCUT2D eigenvalue weighted by Crippen LogP contribution is 2.24. The molecule has 29 heavy (non-hydrogen) atoms. The molecule has 0 aliphatic rings. The van der Waals surface area contributed by atoms with Crippen molar-refractivity contribution in [1.29, 1.82) is 0 Å². The Balaban J connectivity index is 1.69. The molecule has 0 saturated heterocycles. The van der Waals surface area contributed by atoms with E-state index >= 15 is 0 Å². The maximum absolute atomic E-state index is 12.1. The average molecular weight is 406 g/mol. The van der Waals surface area contributed by atoms with Crippen LogP contribution >= 0.6 is 0 Å². The van der Waals surface area contributed by atoms with E-state index in [1.807, 2.05) is 0 Å². The number of benzene rings is 1. The van der Waals surface area contributed by atoms with Gasteiger partial charge in [-0.15, -0.1) is 10.2 Å². The Morgan fingerprint density at radius 1 is 1.00 bits per heavy atom. The Hall–Kier alpha value is -3.96. The van der Waals surface area contributed by atoms with Crippen LogP contribution in [-0.2, 0) is 0 Å². The molecule has 0 aliphatic carbocycles. The van der Waals surface area contributed by atoms with Gasteiger partial charge in [-0.1, -0.05) is 0 Å². The zero-order valence-corrected chi connectivity index (χ0v) is 14.6. The Labute approximate surface area is 161 Å². The molecule has 0 fully saturated rings. The number of nitrogens with zero attached hydrogens (tertiary/aromatic N) is 4. The van der Waals surface area contributed by atoms with Crippen LogP contribution in [0.1, 0.15) is 10.5 Å². The van der Waals surface area contributed by atoms with Gasteiger partial charge in [0.2, 0.25) is 11.8 Å². The SMILES string of the molecule is NC(=O)c1cc(N)nc(-c2ccc(Oc3ccc(OCC(F)(F)F)nn3)cc2)n1. The second-order valence-electron chi connectivity index (χ2n) is 5.61. The van der Waals surface area contributed by atoms with E-state index in [0.29, 0.717) is 11.3 Å². The summed E-state index contributed by atoms with van der Waals surface area (Å²) >= 11 is 0. The van der Waals surface area contributed by atoms with Gasteiger partial charge >= 0.3 is 6.18 Å². The summed E-state index contributed by atoms with van der Waals surface area (Å²) in [5.41, 5.74) is 11.4. The lowest BCUT2D eigenvalue weighted by Crippen LogP contribution is -2.19. The Kier molecular flexibility index (Phi) is 5.43. The second kappa shape index (κ2) is 7.96. The lowest BCUT2D eigenvalue weighted by Gasteiger charge is -2.09. The third kappa shape index (κ3) is 5.51. The quantitative estimate of drug-likeness (QED) is 0.636. The van der Waals surface area contributed by atoms with Gasteiger partial charge in [0.15, 0.2) is 12.4 Å². The highest BCUT2D eigenvalue weighted by Gasteiger charge is 2.28. The number of nitrogen functional groups attached to an aromatic ring is 1. The van der Waals surface area contributed by atoms with Crippen LogP contribution in [0.2, 0.25) is 0 Å². The van der Waals surface area contributed by atoms with Gasteiger partial charge < -0.3 is 20.9 Å². The Bertz CT molecular complexity index is 1010. The molecule has 0 bridgehead atoms. The number of carbonyl (C=O) groups is 1. The summed E-state index contributed by atoms with van der Waals surface area (Å²) < 4.78 is 46.3. The number of carbonyl (C=O) groups excluding carboxylic acids is 1. The van der Waals surface area contributed by atoms with E-state index in [9.17, 15) is 18.0 Å². The van der Waals surface area contributed by atoms with Crippen molar-refractivity contribution in [2.45, 2.75) is 6.18 Å². The number of amides is 1. The maximum Gasteiger partial charge on any atom is 0.422 e. The first-order chi connectivity index (χ1) is 13.7. The number of anilines is 1. The van der Waals surface area contributed by atoms with Crippen molar-refractivity contribution in [2.75, 3.05) is 12.3 Å². The maximum atomic E-state index is 12.1. The summed E-state index contributed by atoms with van der Waals surface area (Å²) in [6, 6.07) is 10.2. The molecule has 2 aromatic heterocycles. The standard InChI is InChI=1S/C17H13F3N6O3/c18-17(19,20)8-28-13-5-6-14(26-25-13)29-10-3-1-9(2-4-10)16-23-11(15(22)27)7-12(21)24-16/h1-7H,8H2,(H2,22,27)(H2,21,23,24). The molecule has 1 aromatic carbocycles. The highest BCUT2D eigenvalue weighted by atomic mass is 19.4. The second-order valence-corrected chi connectivity index (χ2v) is 5.61. The Morgan fingerprint density at radius 2 is 1.66 bits per heavy atom. The first-order valence-corrected chi connectivity index (χ1v) is 7.95. The van der Waals surface area contributed by atoms with Gasteiger partial charge in [-0.25, -0.2) is 9.97 Å². The van der Waals surface area contributed by atoms with E-state index in [0.717, 1.165) is 0 Å². The van der Waals surface area contributed by atoms with Gasteiger partial charge in [-0.2, -0.15) is 13.2 Å². The zero-order valence-electron chi connectivity index (χ0n) is 14.6. The molecule has 150 valence electrons. The summed E-state index contributed by atoms with van der Waals surface area (Å²) in [4.78, 5) is 19.4. The molecule has 0 unspecified atom stereocenters. The number of alkyl halides is 3. The monoisotopic (exact) mass is 406 g/mol. The van der Waals surface area contributed by atoms with Crippen molar-refractivity contribution in [3.8, 4) is 28.9 Å². The van der Waals surface area contributed by atoms with E-state index < -0.39 is 18.7 Å². The fourth-order valence-corrected chi connectivity index (χ4v) is 2.11. The Morgan fingerprint density at radius 3 is 2.24 bits per heavy atom. The van der Waals surface area contributed by atoms with Gasteiger partial charge in [0.05, 0.1) is 0 Å². The van der Waals surface area contributed by atoms with Gasteiger partial charge in [0.1, 0.15) is 17.3 Å². The first kappa shape index (κ1) is 19.8. The van der Waals surface area contributed by atoms with Crippen LogP contribution in [-0.4, -0.2) is 38.9 Å². The third-order valence-corrected chi connectivity index (χ3v) is 3.33. The van der Waals surface area contributed by atoms with Crippen molar-refractivity contribution >= 4 is 11.7 Å². The van der Waals surface area contributed by atoms with Crippen molar-refractivity contribution in [3.63, 3.8) is 0 Å². The van der Waals surface area contributed by atoms with Crippen molar-refractivity contribution in [1.82, 2.24) is 20.2 Å². The number of hydrogen-bond acceptors (Lipinski definition) is 8. The number of primary amides is 1. The molecule has 12 heteroatoms. The van der Waals surface area contributed by atoms with Crippen molar-refractivity contribution < 1.29 is 27.4 Å². The summed E-state index contributed by atoms with van der Waals surface area (Å²) in [6.07, 6.45) is -4.47. The molecular weight excluding hydrogens is 393 g/mol. The largest absolute Gasteiger partial charge is 0.467 e. The number of rotatable bonds is 6. The van der Waals surface area contributed by atoms with Crippen molar-refractivity contribution in [3.05, 3.63) is 48.2 Å². The molecule has 0 atom stereocenters. The first-order valence-electron chi connectivity index (χ1n) is 7.95. The van der Waals surface area contributed by atoms with E-state index in [1.54, 1.807) is 24.3 Å². The molecule has 3 aromatic rings. The lowest BCUT2D eigenvalue weighted by molar-refractivity contribution is -0.154. The van der Waals surface area contributed by atoms with E-state index in [-0.39, 0.29) is 29.1 Å². The summed E-state index contributed by atoms with van der Waals surface area (Å²) in [5.74, 6) is -0.307. The minimum absolute atomic E-state index is 0.0177. The fraction of sp³-hybridized carbons (Fsp3) is 0.118. The van der Waals surface area contributed by atoms with E-state index in [1.165, 1.54) is 18.2 Å². The molecule has 9 nitrogen and oxygen atoms in total. The smallest absolute Gasteiger partial charge is 0.422 e. The molecule has 1 amide bonds. The minimum atomic E-state index is -4.47. The molecule has 3 rings (SSSR count). The molecule has 0 radical (unpaired) electrons. The number of nitrogens with two attached hydrogens (primary N) is 2. The van der Waals surface area contributed by atoms with Crippen LogP contribution in [0, 0.1) is 0 Å². The molecule has 4 N–H and O–H groups in total. The fourth-order valence-electron chi connectivity index (χ4n) is 2.11. The minimum Gasteiger partial charge on any atom is -0.467 e. The van der Waals surface area contributed by atoms with Gasteiger partial charge in [0, 0.05) is 23.8 Å². The normalized spacial score (nSPS) is 11.1. The molecule has 0 saturated carbocycles. The van der Waals surface area contributed by atoms with Gasteiger partial charge in [0.25, 0.3) is 5.91 Å². The predicted molar refractivity (Wildman–Crippen MR) is 94.1 cm³/mol. The molecule has 2 heterocycles. The van der Waals surface area contributed by atoms with Gasteiger partial charge in [-0.3, -0.25) is 4.79 Å². The number of halogens is 3. The van der Waals surface area contributed by atoms with Crippen LogP contribution in [0.5, 0.6) is 17.5 Å². The number of aromatic nitrogens is 4.